The molecule has 0 radical (unpaired) electrons. The maximum Gasteiger partial charge on any atom is 0.254 e. The normalized spacial score (nSPS) is 14.0. The third-order valence-corrected chi connectivity index (χ3v) is 3.81. The molecule has 1 aromatic heterocycles. The Kier molecular flexibility index (Phi) is 3.64. The van der Waals surface area contributed by atoms with Crippen LogP contribution in [0.15, 0.2) is 36.4 Å². The van der Waals surface area contributed by atoms with Crippen molar-refractivity contribution in [1.82, 2.24) is 9.88 Å². The first-order valence-corrected chi connectivity index (χ1v) is 7.08. The smallest absolute Gasteiger partial charge is 0.254 e. The third kappa shape index (κ3) is 2.65. The summed E-state index contributed by atoms with van der Waals surface area (Å²) in [5.74, 6) is -0.0642. The van der Waals surface area contributed by atoms with Crippen molar-refractivity contribution in [3.05, 3.63) is 63.4 Å². The Hall–Kier alpha value is -1.58. The largest absolute Gasteiger partial charge is 0.334 e. The lowest BCUT2D eigenvalue weighted by atomic mass is 9.99. The number of rotatable bonds is 1. The van der Waals surface area contributed by atoms with Gasteiger partial charge in [0.25, 0.3) is 5.91 Å². The van der Waals surface area contributed by atoms with E-state index in [1.807, 2.05) is 17.0 Å². The molecule has 0 saturated heterocycles. The van der Waals surface area contributed by atoms with Crippen LogP contribution < -0.4 is 0 Å². The van der Waals surface area contributed by atoms with Crippen LogP contribution in [0.2, 0.25) is 10.3 Å². The van der Waals surface area contributed by atoms with Crippen LogP contribution in [-0.4, -0.2) is 22.3 Å². The summed E-state index contributed by atoms with van der Waals surface area (Å²) in [6, 6.07) is 11.3. The summed E-state index contributed by atoms with van der Waals surface area (Å²) in [6.45, 7) is 1.32. The average Bonchev–Trinajstić information content (AvgIpc) is 2.45. The summed E-state index contributed by atoms with van der Waals surface area (Å²) < 4.78 is 0. The average molecular weight is 307 g/mol. The molecule has 3 rings (SSSR count). The lowest BCUT2D eigenvalue weighted by Gasteiger charge is -2.29. The Bertz CT molecular complexity index is 652. The van der Waals surface area contributed by atoms with Crippen LogP contribution in [0.5, 0.6) is 0 Å². The first kappa shape index (κ1) is 13.4. The number of carbonyl (C=O) groups excluding carboxylic acids is 1. The van der Waals surface area contributed by atoms with Crippen LogP contribution in [0.1, 0.15) is 21.5 Å². The van der Waals surface area contributed by atoms with Crippen LogP contribution >= 0.6 is 23.2 Å². The molecule has 1 aliphatic heterocycles. The number of pyridine rings is 1. The lowest BCUT2D eigenvalue weighted by Crippen LogP contribution is -2.35. The summed E-state index contributed by atoms with van der Waals surface area (Å²) in [7, 11) is 0. The van der Waals surface area contributed by atoms with Gasteiger partial charge in [-0.05, 0) is 29.7 Å². The highest BCUT2D eigenvalue weighted by Crippen LogP contribution is 2.22. The van der Waals surface area contributed by atoms with Crippen LogP contribution in [0, 0.1) is 0 Å². The first-order valence-electron chi connectivity index (χ1n) is 6.32. The molecule has 0 N–H and O–H groups in total. The van der Waals surface area contributed by atoms with Crippen molar-refractivity contribution in [2.24, 2.45) is 0 Å². The zero-order valence-corrected chi connectivity index (χ0v) is 12.2. The molecule has 1 aromatic carbocycles. The van der Waals surface area contributed by atoms with E-state index in [1.165, 1.54) is 11.1 Å². The van der Waals surface area contributed by atoms with Gasteiger partial charge in [0.05, 0.1) is 0 Å². The van der Waals surface area contributed by atoms with E-state index in [0.29, 0.717) is 18.7 Å². The van der Waals surface area contributed by atoms with Crippen molar-refractivity contribution in [3.8, 4) is 0 Å². The predicted octanol–water partition coefficient (Wildman–Crippen LogP) is 3.59. The molecule has 2 heterocycles. The number of amides is 1. The molecule has 5 heteroatoms. The Morgan fingerprint density at radius 1 is 1.10 bits per heavy atom. The van der Waals surface area contributed by atoms with Gasteiger partial charge in [0.1, 0.15) is 10.3 Å². The molecule has 20 heavy (non-hydrogen) atoms. The topological polar surface area (TPSA) is 33.2 Å². The molecule has 2 aromatic rings. The number of benzene rings is 1. The molecule has 1 aliphatic rings. The molecule has 0 atom stereocenters. The standard InChI is InChI=1S/C15H12Cl2N2O/c16-13-7-12(8-14(17)18-13)15(20)19-6-5-10-3-1-2-4-11(10)9-19/h1-4,7-8H,5-6,9H2. The van der Waals surface area contributed by atoms with Crippen LogP contribution in [-0.2, 0) is 13.0 Å². The fraction of sp³-hybridized carbons (Fsp3) is 0.200. The number of hydrogen-bond acceptors (Lipinski definition) is 2. The first-order chi connectivity index (χ1) is 9.63. The van der Waals surface area contributed by atoms with E-state index in [4.69, 9.17) is 23.2 Å². The number of halogens is 2. The Labute approximate surface area is 127 Å². The van der Waals surface area contributed by atoms with Gasteiger partial charge in [0.2, 0.25) is 0 Å². The second kappa shape index (κ2) is 5.43. The van der Waals surface area contributed by atoms with E-state index in [9.17, 15) is 4.79 Å². The fourth-order valence-electron chi connectivity index (χ4n) is 2.44. The van der Waals surface area contributed by atoms with Crippen LogP contribution in [0.3, 0.4) is 0 Å². The second-order valence-corrected chi connectivity index (χ2v) is 5.52. The van der Waals surface area contributed by atoms with E-state index >= 15 is 0 Å². The van der Waals surface area contributed by atoms with Gasteiger partial charge in [-0.2, -0.15) is 0 Å². The van der Waals surface area contributed by atoms with Gasteiger partial charge in [-0.25, -0.2) is 4.98 Å². The van der Waals surface area contributed by atoms with Crippen molar-refractivity contribution >= 4 is 29.1 Å². The SMILES string of the molecule is O=C(c1cc(Cl)nc(Cl)c1)N1CCc2ccccc2C1. The predicted molar refractivity (Wildman–Crippen MR) is 79.1 cm³/mol. The van der Waals surface area contributed by atoms with Crippen molar-refractivity contribution in [3.63, 3.8) is 0 Å². The van der Waals surface area contributed by atoms with Gasteiger partial charge in [0.15, 0.2) is 0 Å². The minimum absolute atomic E-state index is 0.0642. The van der Waals surface area contributed by atoms with Crippen LogP contribution in [0.4, 0.5) is 0 Å². The van der Waals surface area contributed by atoms with Gasteiger partial charge in [-0.15, -0.1) is 0 Å². The minimum atomic E-state index is -0.0642. The number of aromatic nitrogens is 1. The number of hydrogen-bond donors (Lipinski definition) is 0. The van der Waals surface area contributed by atoms with Gasteiger partial charge >= 0.3 is 0 Å². The number of nitrogens with zero attached hydrogens (tertiary/aromatic N) is 2. The van der Waals surface area contributed by atoms with Crippen molar-refractivity contribution < 1.29 is 4.79 Å². The molecule has 3 nitrogen and oxygen atoms in total. The lowest BCUT2D eigenvalue weighted by molar-refractivity contribution is 0.0734. The summed E-state index contributed by atoms with van der Waals surface area (Å²) in [6.07, 6.45) is 0.870. The highest BCUT2D eigenvalue weighted by molar-refractivity contribution is 6.33. The molecule has 0 spiro atoms. The number of carbonyl (C=O) groups is 1. The molecule has 1 amide bonds. The Morgan fingerprint density at radius 2 is 1.75 bits per heavy atom. The van der Waals surface area contributed by atoms with E-state index in [0.717, 1.165) is 6.42 Å². The molecule has 0 bridgehead atoms. The fourth-order valence-corrected chi connectivity index (χ4v) is 2.90. The molecular weight excluding hydrogens is 295 g/mol. The molecule has 0 unspecified atom stereocenters. The molecule has 102 valence electrons. The quantitative estimate of drug-likeness (QED) is 0.754. The molecule has 0 aliphatic carbocycles. The summed E-state index contributed by atoms with van der Waals surface area (Å²) in [4.78, 5) is 18.2. The Balaban J connectivity index is 1.86. The second-order valence-electron chi connectivity index (χ2n) is 4.75. The highest BCUT2D eigenvalue weighted by atomic mass is 35.5. The zero-order valence-electron chi connectivity index (χ0n) is 10.6. The van der Waals surface area contributed by atoms with E-state index in [-0.39, 0.29) is 16.2 Å². The van der Waals surface area contributed by atoms with Gasteiger partial charge < -0.3 is 4.90 Å². The Morgan fingerprint density at radius 3 is 2.45 bits per heavy atom. The van der Waals surface area contributed by atoms with E-state index in [2.05, 4.69) is 17.1 Å². The molecule has 0 saturated carbocycles. The summed E-state index contributed by atoms with van der Waals surface area (Å²) >= 11 is 11.7. The van der Waals surface area contributed by atoms with E-state index < -0.39 is 0 Å². The van der Waals surface area contributed by atoms with Gasteiger partial charge in [-0.1, -0.05) is 47.5 Å². The van der Waals surface area contributed by atoms with Crippen molar-refractivity contribution in [2.75, 3.05) is 6.54 Å². The molecular formula is C15H12Cl2N2O. The van der Waals surface area contributed by atoms with Gasteiger partial charge in [0, 0.05) is 18.7 Å². The number of fused-ring (bicyclic) bond motifs is 1. The monoisotopic (exact) mass is 306 g/mol. The highest BCUT2D eigenvalue weighted by Gasteiger charge is 2.22. The molecule has 0 fully saturated rings. The summed E-state index contributed by atoms with van der Waals surface area (Å²) in [5, 5.41) is 0.469. The maximum absolute atomic E-state index is 12.5. The van der Waals surface area contributed by atoms with Gasteiger partial charge in [-0.3, -0.25) is 4.79 Å². The maximum atomic E-state index is 12.5. The van der Waals surface area contributed by atoms with E-state index in [1.54, 1.807) is 12.1 Å². The third-order valence-electron chi connectivity index (χ3n) is 3.43. The van der Waals surface area contributed by atoms with Crippen molar-refractivity contribution in [1.29, 1.82) is 0 Å². The zero-order chi connectivity index (χ0) is 14.1. The van der Waals surface area contributed by atoms with Crippen molar-refractivity contribution in [2.45, 2.75) is 13.0 Å². The van der Waals surface area contributed by atoms with Crippen LogP contribution in [0.25, 0.3) is 0 Å². The summed E-state index contributed by atoms with van der Waals surface area (Å²) in [5.41, 5.74) is 2.98. The minimum Gasteiger partial charge on any atom is -0.334 e.